The van der Waals surface area contributed by atoms with Crippen LogP contribution in [0.4, 0.5) is 4.39 Å². The number of nitrogens with zero attached hydrogens (tertiary/aromatic N) is 1. The van der Waals surface area contributed by atoms with Crippen molar-refractivity contribution in [2.45, 2.75) is 70.7 Å². The molecule has 1 heterocycles. The van der Waals surface area contributed by atoms with Crippen LogP contribution in [-0.2, 0) is 15.6 Å². The van der Waals surface area contributed by atoms with Gasteiger partial charge in [-0.25, -0.2) is 4.39 Å². The van der Waals surface area contributed by atoms with Crippen molar-refractivity contribution < 1.29 is 13.6 Å². The van der Waals surface area contributed by atoms with Gasteiger partial charge in [-0.2, -0.15) is 0 Å². The summed E-state index contributed by atoms with van der Waals surface area (Å²) in [5, 5.41) is 0.122. The molecule has 0 aromatic heterocycles. The molecule has 1 unspecified atom stereocenters. The van der Waals surface area contributed by atoms with Crippen LogP contribution in [0.1, 0.15) is 45.6 Å². The van der Waals surface area contributed by atoms with E-state index in [0.717, 1.165) is 31.5 Å². The molecule has 1 fully saturated rings. The van der Waals surface area contributed by atoms with Crippen LogP contribution in [0, 0.1) is 5.82 Å². The zero-order valence-electron chi connectivity index (χ0n) is 16.3. The highest BCUT2D eigenvalue weighted by atomic mass is 28.4. The van der Waals surface area contributed by atoms with Gasteiger partial charge < -0.3 is 9.33 Å². The third kappa shape index (κ3) is 5.64. The van der Waals surface area contributed by atoms with Gasteiger partial charge in [0.1, 0.15) is 5.82 Å². The van der Waals surface area contributed by atoms with E-state index in [4.69, 9.17) is 4.43 Å². The Morgan fingerprint density at radius 2 is 2.04 bits per heavy atom. The Morgan fingerprint density at radius 3 is 2.60 bits per heavy atom. The Hall–Kier alpha value is -1.20. The molecule has 0 N–H and O–H groups in total. The Kier molecular flexibility index (Phi) is 6.44. The van der Waals surface area contributed by atoms with Crippen molar-refractivity contribution in [2.24, 2.45) is 0 Å². The number of likely N-dealkylation sites (tertiary alicyclic amines) is 1. The Balaban J connectivity index is 2.08. The van der Waals surface area contributed by atoms with E-state index in [-0.39, 0.29) is 22.9 Å². The second kappa shape index (κ2) is 8.00. The van der Waals surface area contributed by atoms with Crippen molar-refractivity contribution in [3.63, 3.8) is 0 Å². The van der Waals surface area contributed by atoms with Crippen molar-refractivity contribution in [1.82, 2.24) is 4.90 Å². The van der Waals surface area contributed by atoms with Gasteiger partial charge >= 0.3 is 0 Å². The molecule has 25 heavy (non-hydrogen) atoms. The van der Waals surface area contributed by atoms with Gasteiger partial charge in [0.25, 0.3) is 0 Å². The van der Waals surface area contributed by atoms with Crippen molar-refractivity contribution in [1.29, 1.82) is 0 Å². The number of rotatable bonds is 7. The standard InChI is InChI=1S/C20H32FNO2Si/c1-20(2,3)25(4,5)24-18(11-13-22-12-7-10-19(22)23)15-16-8-6-9-17(21)14-16/h6,8-9,14,18H,7,10-13,15H2,1-5H3. The van der Waals surface area contributed by atoms with E-state index in [1.807, 2.05) is 11.0 Å². The van der Waals surface area contributed by atoms with Crippen molar-refractivity contribution in [3.8, 4) is 0 Å². The second-order valence-corrected chi connectivity index (χ2v) is 13.4. The van der Waals surface area contributed by atoms with Gasteiger partial charge in [0.15, 0.2) is 8.32 Å². The first-order chi connectivity index (χ1) is 11.6. The summed E-state index contributed by atoms with van der Waals surface area (Å²) in [5.41, 5.74) is 0.955. The van der Waals surface area contributed by atoms with Gasteiger partial charge in [0.2, 0.25) is 5.91 Å². The monoisotopic (exact) mass is 365 g/mol. The van der Waals surface area contributed by atoms with Gasteiger partial charge in [-0.3, -0.25) is 4.79 Å². The molecule has 1 aromatic rings. The molecule has 3 nitrogen and oxygen atoms in total. The van der Waals surface area contributed by atoms with Crippen LogP contribution in [0.5, 0.6) is 0 Å². The van der Waals surface area contributed by atoms with Crippen LogP contribution in [0.25, 0.3) is 0 Å². The fourth-order valence-corrected chi connectivity index (χ4v) is 4.35. The van der Waals surface area contributed by atoms with Crippen LogP contribution in [0.3, 0.4) is 0 Å². The topological polar surface area (TPSA) is 29.5 Å². The highest BCUT2D eigenvalue weighted by molar-refractivity contribution is 6.74. The molecule has 1 atom stereocenters. The lowest BCUT2D eigenvalue weighted by Gasteiger charge is -2.39. The molecule has 0 bridgehead atoms. The lowest BCUT2D eigenvalue weighted by Crippen LogP contribution is -2.45. The molecule has 0 saturated carbocycles. The first kappa shape index (κ1) is 20.1. The maximum absolute atomic E-state index is 13.5. The summed E-state index contributed by atoms with van der Waals surface area (Å²) in [6, 6.07) is 6.75. The Bertz CT molecular complexity index is 598. The van der Waals surface area contributed by atoms with Gasteiger partial charge in [-0.1, -0.05) is 32.9 Å². The molecule has 1 aliphatic heterocycles. The van der Waals surface area contributed by atoms with Crippen LogP contribution >= 0.6 is 0 Å². The first-order valence-corrected chi connectivity index (χ1v) is 12.2. The number of hydrogen-bond donors (Lipinski definition) is 0. The van der Waals surface area contributed by atoms with E-state index in [1.54, 1.807) is 12.1 Å². The smallest absolute Gasteiger partial charge is 0.222 e. The van der Waals surface area contributed by atoms with Crippen LogP contribution in [0.2, 0.25) is 18.1 Å². The molecule has 140 valence electrons. The number of benzene rings is 1. The fraction of sp³-hybridized carbons (Fsp3) is 0.650. The van der Waals surface area contributed by atoms with Gasteiger partial charge in [0, 0.05) is 19.5 Å². The normalized spacial score (nSPS) is 17.2. The van der Waals surface area contributed by atoms with E-state index in [0.29, 0.717) is 12.8 Å². The number of hydrogen-bond acceptors (Lipinski definition) is 2. The predicted octanol–water partition coefficient (Wildman–Crippen LogP) is 4.77. The van der Waals surface area contributed by atoms with Gasteiger partial charge in [0.05, 0.1) is 6.10 Å². The number of carbonyl (C=O) groups is 1. The van der Waals surface area contributed by atoms with E-state index in [1.165, 1.54) is 6.07 Å². The largest absolute Gasteiger partial charge is 0.414 e. The summed E-state index contributed by atoms with van der Waals surface area (Å²) < 4.78 is 20.2. The maximum Gasteiger partial charge on any atom is 0.222 e. The summed E-state index contributed by atoms with van der Waals surface area (Å²) >= 11 is 0. The Labute approximate surface area is 152 Å². The van der Waals surface area contributed by atoms with Gasteiger partial charge in [-0.15, -0.1) is 0 Å². The second-order valence-electron chi connectivity index (χ2n) is 8.61. The average molecular weight is 366 g/mol. The Morgan fingerprint density at radius 1 is 1.32 bits per heavy atom. The van der Waals surface area contributed by atoms with E-state index in [9.17, 15) is 9.18 Å². The molecular formula is C20H32FNO2Si. The average Bonchev–Trinajstić information content (AvgIpc) is 2.88. The summed E-state index contributed by atoms with van der Waals surface area (Å²) in [7, 11) is -1.93. The molecule has 1 saturated heterocycles. The first-order valence-electron chi connectivity index (χ1n) is 9.28. The molecule has 1 aromatic carbocycles. The molecule has 0 radical (unpaired) electrons. The van der Waals surface area contributed by atoms with Crippen LogP contribution < -0.4 is 0 Å². The summed E-state index contributed by atoms with van der Waals surface area (Å²) in [6.45, 7) is 12.7. The summed E-state index contributed by atoms with van der Waals surface area (Å²) in [4.78, 5) is 13.8. The minimum Gasteiger partial charge on any atom is -0.414 e. The summed E-state index contributed by atoms with van der Waals surface area (Å²) in [5.74, 6) is 0.0372. The highest BCUT2D eigenvalue weighted by Gasteiger charge is 2.39. The highest BCUT2D eigenvalue weighted by Crippen LogP contribution is 2.38. The zero-order chi connectivity index (χ0) is 18.7. The van der Waals surface area contributed by atoms with E-state index < -0.39 is 8.32 Å². The fourth-order valence-electron chi connectivity index (χ4n) is 2.96. The zero-order valence-corrected chi connectivity index (χ0v) is 17.3. The minimum atomic E-state index is -1.93. The van der Waals surface area contributed by atoms with Crippen molar-refractivity contribution in [2.75, 3.05) is 13.1 Å². The number of halogens is 1. The molecule has 5 heteroatoms. The third-order valence-electron chi connectivity index (χ3n) is 5.51. The molecule has 0 aliphatic carbocycles. The molecule has 0 spiro atoms. The van der Waals surface area contributed by atoms with Crippen molar-refractivity contribution in [3.05, 3.63) is 35.6 Å². The number of carbonyl (C=O) groups excluding carboxylic acids is 1. The van der Waals surface area contributed by atoms with Crippen LogP contribution in [-0.4, -0.2) is 38.3 Å². The quantitative estimate of drug-likeness (QED) is 0.651. The maximum atomic E-state index is 13.5. The van der Waals surface area contributed by atoms with Gasteiger partial charge in [-0.05, 0) is 55.1 Å². The lowest BCUT2D eigenvalue weighted by molar-refractivity contribution is -0.127. The third-order valence-corrected chi connectivity index (χ3v) is 10.0. The predicted molar refractivity (Wildman–Crippen MR) is 103 cm³/mol. The van der Waals surface area contributed by atoms with Crippen molar-refractivity contribution >= 4 is 14.2 Å². The molecule has 1 aliphatic rings. The van der Waals surface area contributed by atoms with Crippen LogP contribution in [0.15, 0.2) is 24.3 Å². The SMILES string of the molecule is CC(C)(C)[Si](C)(C)OC(CCN1CCCC1=O)Cc1cccc(F)c1. The van der Waals surface area contributed by atoms with E-state index >= 15 is 0 Å². The molecular weight excluding hydrogens is 333 g/mol. The summed E-state index contributed by atoms with van der Waals surface area (Å²) in [6.07, 6.45) is 3.12. The minimum absolute atomic E-state index is 0.0103. The lowest BCUT2D eigenvalue weighted by atomic mass is 10.1. The number of amides is 1. The molecule has 1 amide bonds. The molecule has 2 rings (SSSR count). The van der Waals surface area contributed by atoms with E-state index in [2.05, 4.69) is 33.9 Å².